The molecule has 0 aliphatic rings. The standard InChI is InChI=1S/C7H11ClO5S/c1-3-6(9)13-7(2,4-8)5-14(10,11)12/h3H,1,4-5H2,2H3,(H,10,11,12). The minimum atomic E-state index is -4.24. The van der Waals surface area contributed by atoms with Gasteiger partial charge in [0.15, 0.2) is 0 Å². The van der Waals surface area contributed by atoms with Gasteiger partial charge in [-0.3, -0.25) is 4.55 Å². The van der Waals surface area contributed by atoms with Gasteiger partial charge in [0.25, 0.3) is 10.1 Å². The molecule has 0 saturated heterocycles. The van der Waals surface area contributed by atoms with Crippen molar-refractivity contribution in [1.29, 1.82) is 0 Å². The Hall–Kier alpha value is -0.590. The summed E-state index contributed by atoms with van der Waals surface area (Å²) in [5.41, 5.74) is -1.44. The molecule has 0 spiro atoms. The van der Waals surface area contributed by atoms with E-state index in [1.165, 1.54) is 6.92 Å². The van der Waals surface area contributed by atoms with E-state index in [0.29, 0.717) is 0 Å². The fourth-order valence-corrected chi connectivity index (χ4v) is 1.96. The first kappa shape index (κ1) is 13.4. The van der Waals surface area contributed by atoms with Crippen molar-refractivity contribution in [2.75, 3.05) is 11.6 Å². The second-order valence-corrected chi connectivity index (χ2v) is 4.65. The molecule has 0 amide bonds. The zero-order valence-electron chi connectivity index (χ0n) is 7.57. The van der Waals surface area contributed by atoms with Crippen LogP contribution in [0, 0.1) is 0 Å². The summed E-state index contributed by atoms with van der Waals surface area (Å²) in [6, 6.07) is 0. The molecule has 0 aromatic carbocycles. The van der Waals surface area contributed by atoms with E-state index < -0.39 is 27.4 Å². The third-order valence-corrected chi connectivity index (χ3v) is 2.82. The van der Waals surface area contributed by atoms with Gasteiger partial charge in [0.1, 0.15) is 11.4 Å². The summed E-state index contributed by atoms with van der Waals surface area (Å²) in [7, 11) is -4.24. The second-order valence-electron chi connectivity index (χ2n) is 2.94. The third-order valence-electron chi connectivity index (χ3n) is 1.28. The molecule has 1 atom stereocenters. The maximum atomic E-state index is 10.8. The maximum Gasteiger partial charge on any atom is 0.330 e. The van der Waals surface area contributed by atoms with Crippen molar-refractivity contribution in [3.8, 4) is 0 Å². The van der Waals surface area contributed by atoms with Gasteiger partial charge in [0.2, 0.25) is 0 Å². The fourth-order valence-electron chi connectivity index (χ4n) is 0.766. The lowest BCUT2D eigenvalue weighted by Gasteiger charge is -2.24. The molecule has 0 radical (unpaired) electrons. The first-order chi connectivity index (χ1) is 6.22. The molecular formula is C7H11ClO5S. The van der Waals surface area contributed by atoms with Gasteiger partial charge in [-0.2, -0.15) is 8.42 Å². The van der Waals surface area contributed by atoms with Crippen molar-refractivity contribution in [2.24, 2.45) is 0 Å². The minimum absolute atomic E-state index is 0.244. The molecule has 1 unspecified atom stereocenters. The number of rotatable bonds is 5. The summed E-state index contributed by atoms with van der Waals surface area (Å²) in [6.07, 6.45) is 0.884. The summed E-state index contributed by atoms with van der Waals surface area (Å²) in [6.45, 7) is 4.45. The number of ether oxygens (including phenoxy) is 1. The van der Waals surface area contributed by atoms with Crippen LogP contribution in [-0.2, 0) is 19.6 Å². The van der Waals surface area contributed by atoms with Crippen LogP contribution in [0.15, 0.2) is 12.7 Å². The molecular weight excluding hydrogens is 232 g/mol. The Balaban J connectivity index is 4.64. The Morgan fingerprint density at radius 2 is 2.21 bits per heavy atom. The van der Waals surface area contributed by atoms with Crippen molar-refractivity contribution in [1.82, 2.24) is 0 Å². The van der Waals surface area contributed by atoms with Crippen LogP contribution in [0.25, 0.3) is 0 Å². The van der Waals surface area contributed by atoms with Crippen molar-refractivity contribution >= 4 is 27.7 Å². The number of halogens is 1. The lowest BCUT2D eigenvalue weighted by Crippen LogP contribution is -2.40. The van der Waals surface area contributed by atoms with Crippen molar-refractivity contribution in [3.63, 3.8) is 0 Å². The molecule has 0 fully saturated rings. The Morgan fingerprint density at radius 3 is 2.50 bits per heavy atom. The number of carbonyl (C=O) groups is 1. The topological polar surface area (TPSA) is 80.7 Å². The highest BCUT2D eigenvalue weighted by molar-refractivity contribution is 7.85. The number of hydrogen-bond acceptors (Lipinski definition) is 4. The van der Waals surface area contributed by atoms with Crippen LogP contribution >= 0.6 is 11.6 Å². The summed E-state index contributed by atoms with van der Waals surface area (Å²) in [5, 5.41) is 0. The smallest absolute Gasteiger partial charge is 0.330 e. The molecule has 0 aliphatic carbocycles. The fraction of sp³-hybridized carbons (Fsp3) is 0.571. The van der Waals surface area contributed by atoms with E-state index in [1.54, 1.807) is 0 Å². The van der Waals surface area contributed by atoms with E-state index in [4.69, 9.17) is 16.2 Å². The minimum Gasteiger partial charge on any atom is -0.454 e. The van der Waals surface area contributed by atoms with Gasteiger partial charge >= 0.3 is 5.97 Å². The lowest BCUT2D eigenvalue weighted by atomic mass is 10.2. The van der Waals surface area contributed by atoms with Crippen molar-refractivity contribution in [3.05, 3.63) is 12.7 Å². The van der Waals surface area contributed by atoms with Gasteiger partial charge in [0.05, 0.1) is 5.88 Å². The first-order valence-electron chi connectivity index (χ1n) is 3.59. The Labute approximate surface area is 87.4 Å². The molecule has 0 aliphatic heterocycles. The average molecular weight is 243 g/mol. The first-order valence-corrected chi connectivity index (χ1v) is 5.73. The van der Waals surface area contributed by atoms with Crippen LogP contribution in [0.2, 0.25) is 0 Å². The zero-order valence-corrected chi connectivity index (χ0v) is 9.14. The molecule has 7 heteroatoms. The van der Waals surface area contributed by atoms with Crippen LogP contribution in [0.1, 0.15) is 6.92 Å². The van der Waals surface area contributed by atoms with Gasteiger partial charge in [-0.15, -0.1) is 11.6 Å². The Bertz CT molecular complexity index is 323. The Morgan fingerprint density at radius 1 is 1.71 bits per heavy atom. The number of esters is 1. The van der Waals surface area contributed by atoms with E-state index in [2.05, 4.69) is 11.3 Å². The molecule has 0 aromatic heterocycles. The maximum absolute atomic E-state index is 10.8. The zero-order chi connectivity index (χ0) is 11.4. The normalized spacial score (nSPS) is 15.6. The summed E-state index contributed by atoms with van der Waals surface area (Å²) in [4.78, 5) is 10.8. The SMILES string of the molecule is C=CC(=O)OC(C)(CCl)CS(=O)(=O)O. The summed E-state index contributed by atoms with van der Waals surface area (Å²) >= 11 is 5.43. The quantitative estimate of drug-likeness (QED) is 0.331. The highest BCUT2D eigenvalue weighted by Crippen LogP contribution is 2.15. The van der Waals surface area contributed by atoms with Crippen LogP contribution < -0.4 is 0 Å². The molecule has 0 aromatic rings. The third kappa shape index (κ3) is 5.21. The van der Waals surface area contributed by atoms with Crippen molar-refractivity contribution < 1.29 is 22.5 Å². The molecule has 14 heavy (non-hydrogen) atoms. The Kier molecular flexibility index (Phi) is 4.57. The molecule has 1 N–H and O–H groups in total. The summed E-state index contributed by atoms with van der Waals surface area (Å²) in [5.74, 6) is -1.79. The highest BCUT2D eigenvalue weighted by Gasteiger charge is 2.32. The van der Waals surface area contributed by atoms with Crippen molar-refractivity contribution in [2.45, 2.75) is 12.5 Å². The largest absolute Gasteiger partial charge is 0.454 e. The molecule has 0 heterocycles. The molecule has 0 bridgehead atoms. The van der Waals surface area contributed by atoms with Gasteiger partial charge in [-0.05, 0) is 6.92 Å². The van der Waals surface area contributed by atoms with E-state index in [9.17, 15) is 13.2 Å². The predicted octanol–water partition coefficient (Wildman–Crippen LogP) is 0.601. The molecule has 0 rings (SSSR count). The lowest BCUT2D eigenvalue weighted by molar-refractivity contribution is -0.147. The average Bonchev–Trinajstić information content (AvgIpc) is 2.00. The van der Waals surface area contributed by atoms with Crippen LogP contribution in [0.5, 0.6) is 0 Å². The van der Waals surface area contributed by atoms with Gasteiger partial charge in [-0.25, -0.2) is 4.79 Å². The summed E-state index contributed by atoms with van der Waals surface area (Å²) < 4.78 is 34.4. The molecule has 0 saturated carbocycles. The predicted molar refractivity (Wildman–Crippen MR) is 51.8 cm³/mol. The monoisotopic (exact) mass is 242 g/mol. The van der Waals surface area contributed by atoms with Crippen LogP contribution in [0.3, 0.4) is 0 Å². The van der Waals surface area contributed by atoms with E-state index in [1.807, 2.05) is 0 Å². The molecule has 5 nitrogen and oxygen atoms in total. The van der Waals surface area contributed by atoms with Crippen LogP contribution in [-0.4, -0.2) is 36.2 Å². The molecule has 82 valence electrons. The van der Waals surface area contributed by atoms with E-state index >= 15 is 0 Å². The number of carbonyl (C=O) groups excluding carboxylic acids is 1. The van der Waals surface area contributed by atoms with E-state index in [0.717, 1.165) is 6.08 Å². The number of alkyl halides is 1. The van der Waals surface area contributed by atoms with Crippen LogP contribution in [0.4, 0.5) is 0 Å². The number of hydrogen-bond donors (Lipinski definition) is 1. The highest BCUT2D eigenvalue weighted by atomic mass is 35.5. The second kappa shape index (κ2) is 4.77. The van der Waals surface area contributed by atoms with Gasteiger partial charge < -0.3 is 4.74 Å². The van der Waals surface area contributed by atoms with E-state index in [-0.39, 0.29) is 5.88 Å². The van der Waals surface area contributed by atoms with Gasteiger partial charge in [0, 0.05) is 6.08 Å². The van der Waals surface area contributed by atoms with Gasteiger partial charge in [-0.1, -0.05) is 6.58 Å².